The zero-order chi connectivity index (χ0) is 21.4. The number of carbonyl (C=O) groups excluding carboxylic acids is 2. The fourth-order valence-corrected chi connectivity index (χ4v) is 3.35. The van der Waals surface area contributed by atoms with E-state index < -0.39 is 6.04 Å². The van der Waals surface area contributed by atoms with Gasteiger partial charge in [0.25, 0.3) is 0 Å². The maximum Gasteiger partial charge on any atom is 0.243 e. The van der Waals surface area contributed by atoms with Crippen LogP contribution in [0.25, 0.3) is 0 Å². The average Bonchev–Trinajstić information content (AvgIpc) is 2.70. The molecule has 0 heterocycles. The lowest BCUT2D eigenvalue weighted by molar-refractivity contribution is -0.141. The van der Waals surface area contributed by atoms with E-state index in [0.717, 1.165) is 23.1 Å². The molecule has 2 amide bonds. The normalized spacial score (nSPS) is 12.9. The number of nitrogens with one attached hydrogen (secondary N) is 1. The van der Waals surface area contributed by atoms with Crippen molar-refractivity contribution in [1.82, 2.24) is 10.2 Å². The van der Waals surface area contributed by atoms with E-state index in [1.807, 2.05) is 64.1 Å². The molecule has 0 aliphatic carbocycles. The largest absolute Gasteiger partial charge is 0.352 e. The molecule has 2 rings (SSSR count). The van der Waals surface area contributed by atoms with Crippen LogP contribution in [0.5, 0.6) is 0 Å². The highest BCUT2D eigenvalue weighted by molar-refractivity contribution is 6.30. The fraction of sp³-hybridized carbons (Fsp3) is 0.417. The maximum atomic E-state index is 13.3. The van der Waals surface area contributed by atoms with E-state index in [0.29, 0.717) is 18.0 Å². The van der Waals surface area contributed by atoms with Gasteiger partial charge in [0, 0.05) is 17.6 Å². The second-order valence-electron chi connectivity index (χ2n) is 7.49. The Morgan fingerprint density at radius 2 is 1.69 bits per heavy atom. The molecule has 4 nitrogen and oxygen atoms in total. The van der Waals surface area contributed by atoms with E-state index in [1.165, 1.54) is 0 Å². The number of aryl methyl sites for hydroxylation is 1. The lowest BCUT2D eigenvalue weighted by atomic mass is 10.0. The van der Waals surface area contributed by atoms with Crippen molar-refractivity contribution < 1.29 is 9.59 Å². The summed E-state index contributed by atoms with van der Waals surface area (Å²) in [5.41, 5.74) is 3.00. The summed E-state index contributed by atoms with van der Waals surface area (Å²) >= 11 is 6.00. The summed E-state index contributed by atoms with van der Waals surface area (Å²) in [4.78, 5) is 27.9. The first-order valence-corrected chi connectivity index (χ1v) is 10.6. The quantitative estimate of drug-likeness (QED) is 0.633. The molecule has 0 radical (unpaired) electrons. The Bertz CT molecular complexity index is 820. The minimum atomic E-state index is -0.517. The van der Waals surface area contributed by atoms with Crippen LogP contribution in [-0.4, -0.2) is 28.8 Å². The summed E-state index contributed by atoms with van der Waals surface area (Å²) in [5, 5.41) is 3.68. The Morgan fingerprint density at radius 3 is 2.28 bits per heavy atom. The Hall–Kier alpha value is -2.33. The number of benzene rings is 2. The van der Waals surface area contributed by atoms with Gasteiger partial charge in [-0.1, -0.05) is 61.8 Å². The molecule has 2 aromatic rings. The molecule has 0 fully saturated rings. The second kappa shape index (κ2) is 11.0. The van der Waals surface area contributed by atoms with Gasteiger partial charge in [-0.3, -0.25) is 9.59 Å². The van der Waals surface area contributed by atoms with Crippen molar-refractivity contribution in [3.63, 3.8) is 0 Å². The third-order valence-corrected chi connectivity index (χ3v) is 5.51. The van der Waals surface area contributed by atoms with Gasteiger partial charge in [0.15, 0.2) is 0 Å². The minimum absolute atomic E-state index is 0.0552. The van der Waals surface area contributed by atoms with Gasteiger partial charge < -0.3 is 10.2 Å². The first kappa shape index (κ1) is 23.0. The van der Waals surface area contributed by atoms with Crippen LogP contribution in [0.4, 0.5) is 0 Å². The van der Waals surface area contributed by atoms with E-state index in [-0.39, 0.29) is 24.3 Å². The van der Waals surface area contributed by atoms with Gasteiger partial charge in [0.2, 0.25) is 11.8 Å². The van der Waals surface area contributed by atoms with Gasteiger partial charge in [0.05, 0.1) is 6.42 Å². The van der Waals surface area contributed by atoms with E-state index in [2.05, 4.69) is 5.32 Å². The number of halogens is 1. The van der Waals surface area contributed by atoms with Gasteiger partial charge in [0.1, 0.15) is 6.04 Å². The van der Waals surface area contributed by atoms with Crippen LogP contribution in [0.15, 0.2) is 48.5 Å². The molecule has 0 aliphatic heterocycles. The summed E-state index contributed by atoms with van der Waals surface area (Å²) < 4.78 is 0. The first-order chi connectivity index (χ1) is 13.8. The van der Waals surface area contributed by atoms with E-state index in [1.54, 1.807) is 17.0 Å². The molecule has 156 valence electrons. The lowest BCUT2D eigenvalue weighted by Crippen LogP contribution is -2.51. The zero-order valence-electron chi connectivity index (χ0n) is 17.7. The highest BCUT2D eigenvalue weighted by Gasteiger charge is 2.29. The zero-order valence-corrected chi connectivity index (χ0v) is 18.5. The van der Waals surface area contributed by atoms with E-state index in [4.69, 9.17) is 11.6 Å². The van der Waals surface area contributed by atoms with Crippen molar-refractivity contribution in [2.45, 2.75) is 65.6 Å². The summed E-state index contributed by atoms with van der Waals surface area (Å²) in [5.74, 6) is -0.158. The van der Waals surface area contributed by atoms with Crippen molar-refractivity contribution in [2.24, 2.45) is 0 Å². The first-order valence-electron chi connectivity index (χ1n) is 10.2. The molecular weight excluding hydrogens is 384 g/mol. The van der Waals surface area contributed by atoms with Crippen molar-refractivity contribution in [2.75, 3.05) is 0 Å². The summed E-state index contributed by atoms with van der Waals surface area (Å²) in [7, 11) is 0. The minimum Gasteiger partial charge on any atom is -0.352 e. The Morgan fingerprint density at radius 1 is 1.03 bits per heavy atom. The van der Waals surface area contributed by atoms with E-state index in [9.17, 15) is 9.59 Å². The predicted molar refractivity (Wildman–Crippen MR) is 119 cm³/mol. The van der Waals surface area contributed by atoms with Crippen LogP contribution in [0.3, 0.4) is 0 Å². The molecule has 2 atom stereocenters. The number of amides is 2. The number of hydrogen-bond donors (Lipinski definition) is 1. The standard InChI is InChI=1S/C24H31ClN2O2/c1-5-18(4)26-24(29)22(6-2)27(16-19-11-13-21(25)14-12-19)23(28)15-20-10-8-7-9-17(20)3/h7-14,18,22H,5-6,15-16H2,1-4H3,(H,26,29)/t18-,22-/m1/s1. The fourth-order valence-electron chi connectivity index (χ4n) is 3.22. The number of rotatable bonds is 9. The van der Waals surface area contributed by atoms with Gasteiger partial charge in [-0.25, -0.2) is 0 Å². The summed E-state index contributed by atoms with van der Waals surface area (Å²) in [6, 6.07) is 14.8. The van der Waals surface area contributed by atoms with Crippen LogP contribution >= 0.6 is 11.6 Å². The number of hydrogen-bond acceptors (Lipinski definition) is 2. The van der Waals surface area contributed by atoms with Gasteiger partial charge >= 0.3 is 0 Å². The Kier molecular flexibility index (Phi) is 8.71. The topological polar surface area (TPSA) is 49.4 Å². The summed E-state index contributed by atoms with van der Waals surface area (Å²) in [6.07, 6.45) is 1.67. The molecule has 0 saturated heterocycles. The maximum absolute atomic E-state index is 13.3. The second-order valence-corrected chi connectivity index (χ2v) is 7.93. The van der Waals surface area contributed by atoms with Crippen LogP contribution < -0.4 is 5.32 Å². The van der Waals surface area contributed by atoms with Crippen LogP contribution in [0, 0.1) is 6.92 Å². The Balaban J connectivity index is 2.29. The monoisotopic (exact) mass is 414 g/mol. The smallest absolute Gasteiger partial charge is 0.243 e. The van der Waals surface area contributed by atoms with Crippen molar-refractivity contribution in [1.29, 1.82) is 0 Å². The molecule has 0 aromatic heterocycles. The van der Waals surface area contributed by atoms with Crippen molar-refractivity contribution in [3.05, 3.63) is 70.2 Å². The molecule has 0 saturated carbocycles. The molecule has 5 heteroatoms. The van der Waals surface area contributed by atoms with Crippen molar-refractivity contribution in [3.8, 4) is 0 Å². The summed E-state index contributed by atoms with van der Waals surface area (Å²) in [6.45, 7) is 8.31. The molecule has 0 spiro atoms. The highest BCUT2D eigenvalue weighted by atomic mass is 35.5. The SMILES string of the molecule is CC[C@@H](C)NC(=O)[C@@H](CC)N(Cc1ccc(Cl)cc1)C(=O)Cc1ccccc1C. The number of carbonyl (C=O) groups is 2. The molecular formula is C24H31ClN2O2. The molecule has 2 aromatic carbocycles. The Labute approximate surface area is 179 Å². The number of nitrogens with zero attached hydrogens (tertiary/aromatic N) is 1. The van der Waals surface area contributed by atoms with Crippen LogP contribution in [-0.2, 0) is 22.6 Å². The van der Waals surface area contributed by atoms with E-state index >= 15 is 0 Å². The lowest BCUT2D eigenvalue weighted by Gasteiger charge is -2.31. The van der Waals surface area contributed by atoms with Crippen molar-refractivity contribution >= 4 is 23.4 Å². The molecule has 1 N–H and O–H groups in total. The van der Waals surface area contributed by atoms with Gasteiger partial charge in [-0.05, 0) is 55.5 Å². The molecule has 0 aliphatic rings. The molecule has 0 bridgehead atoms. The van der Waals surface area contributed by atoms with Gasteiger partial charge in [-0.2, -0.15) is 0 Å². The average molecular weight is 415 g/mol. The third-order valence-electron chi connectivity index (χ3n) is 5.26. The molecule has 0 unspecified atom stereocenters. The highest BCUT2D eigenvalue weighted by Crippen LogP contribution is 2.18. The predicted octanol–water partition coefficient (Wildman–Crippen LogP) is 4.91. The third kappa shape index (κ3) is 6.60. The van der Waals surface area contributed by atoms with Gasteiger partial charge in [-0.15, -0.1) is 0 Å². The van der Waals surface area contributed by atoms with Crippen LogP contribution in [0.1, 0.15) is 50.3 Å². The molecule has 29 heavy (non-hydrogen) atoms. The van der Waals surface area contributed by atoms with Crippen LogP contribution in [0.2, 0.25) is 5.02 Å².